The lowest BCUT2D eigenvalue weighted by Crippen LogP contribution is -2.17. The van der Waals surface area contributed by atoms with Crippen LogP contribution >= 0.6 is 0 Å². The summed E-state index contributed by atoms with van der Waals surface area (Å²) in [6.45, 7) is 3.97. The number of fused-ring (bicyclic) bond motifs is 1. The number of carbonyl (C=O) groups is 1. The molecule has 6 nitrogen and oxygen atoms in total. The third-order valence-corrected chi connectivity index (χ3v) is 5.51. The lowest BCUT2D eigenvalue weighted by Gasteiger charge is -2.18. The number of anilines is 2. The number of halogens is 3. The van der Waals surface area contributed by atoms with Crippen molar-refractivity contribution < 1.29 is 23.1 Å². The maximum Gasteiger partial charge on any atom is 0.418 e. The number of aliphatic imine (C=N–C) groups is 1. The van der Waals surface area contributed by atoms with Gasteiger partial charge in [-0.05, 0) is 52.9 Å². The largest absolute Gasteiger partial charge is 0.418 e. The lowest BCUT2D eigenvalue weighted by molar-refractivity contribution is -0.137. The topological polar surface area (TPSA) is 86.6 Å². The van der Waals surface area contributed by atoms with Crippen molar-refractivity contribution in [3.8, 4) is 11.1 Å². The molecule has 0 aliphatic carbocycles. The van der Waals surface area contributed by atoms with Gasteiger partial charge < -0.3 is 15.7 Å². The van der Waals surface area contributed by atoms with Crippen molar-refractivity contribution in [3.63, 3.8) is 0 Å². The zero-order valence-electron chi connectivity index (χ0n) is 19.3. The van der Waals surface area contributed by atoms with Gasteiger partial charge in [0.15, 0.2) is 0 Å². The van der Waals surface area contributed by atoms with Crippen molar-refractivity contribution in [1.29, 1.82) is 0 Å². The van der Waals surface area contributed by atoms with Gasteiger partial charge in [-0.25, -0.2) is 0 Å². The Balaban J connectivity index is 1.78. The van der Waals surface area contributed by atoms with Crippen LogP contribution in [-0.2, 0) is 17.6 Å². The predicted octanol–water partition coefficient (Wildman–Crippen LogP) is 5.79. The fraction of sp³-hybridized carbons (Fsp3) is 0.269. The van der Waals surface area contributed by atoms with E-state index in [1.165, 1.54) is 6.07 Å². The Kier molecular flexibility index (Phi) is 6.88. The number of alkyl halides is 3. The second-order valence-corrected chi connectivity index (χ2v) is 8.75. The van der Waals surface area contributed by atoms with Crippen LogP contribution in [0.3, 0.4) is 0 Å². The van der Waals surface area contributed by atoms with Gasteiger partial charge in [-0.15, -0.1) is 0 Å². The van der Waals surface area contributed by atoms with E-state index < -0.39 is 17.6 Å². The van der Waals surface area contributed by atoms with Gasteiger partial charge in [-0.1, -0.05) is 32.0 Å². The van der Waals surface area contributed by atoms with Crippen LogP contribution in [0.5, 0.6) is 0 Å². The summed E-state index contributed by atoms with van der Waals surface area (Å²) >= 11 is 0. The molecule has 182 valence electrons. The summed E-state index contributed by atoms with van der Waals surface area (Å²) in [5.74, 6) is -0.314. The molecule has 1 amide bonds. The molecule has 2 heterocycles. The Morgan fingerprint density at radius 1 is 1.09 bits per heavy atom. The second-order valence-electron chi connectivity index (χ2n) is 8.75. The van der Waals surface area contributed by atoms with E-state index in [2.05, 4.69) is 20.6 Å². The van der Waals surface area contributed by atoms with Crippen molar-refractivity contribution >= 4 is 28.7 Å². The van der Waals surface area contributed by atoms with Gasteiger partial charge in [0.1, 0.15) is 0 Å². The highest BCUT2D eigenvalue weighted by Gasteiger charge is 2.35. The maximum atomic E-state index is 13.7. The highest BCUT2D eigenvalue weighted by Crippen LogP contribution is 2.42. The zero-order valence-corrected chi connectivity index (χ0v) is 19.3. The summed E-state index contributed by atoms with van der Waals surface area (Å²) in [4.78, 5) is 21.3. The quantitative estimate of drug-likeness (QED) is 0.415. The number of rotatable bonds is 6. The van der Waals surface area contributed by atoms with E-state index >= 15 is 0 Å². The summed E-state index contributed by atoms with van der Waals surface area (Å²) in [6.07, 6.45) is -3.08. The molecule has 0 radical (unpaired) electrons. The fourth-order valence-corrected chi connectivity index (χ4v) is 3.80. The summed E-state index contributed by atoms with van der Waals surface area (Å²) in [5, 5.41) is 14.8. The van der Waals surface area contributed by atoms with Crippen LogP contribution in [0, 0.1) is 5.92 Å². The Morgan fingerprint density at radius 2 is 1.83 bits per heavy atom. The van der Waals surface area contributed by atoms with E-state index in [-0.39, 0.29) is 36.0 Å². The minimum Gasteiger partial charge on any atom is -0.390 e. The van der Waals surface area contributed by atoms with Crippen molar-refractivity contribution in [2.24, 2.45) is 10.9 Å². The van der Waals surface area contributed by atoms with Crippen molar-refractivity contribution in [2.75, 3.05) is 17.2 Å². The Bertz CT molecular complexity index is 1290. The molecular formula is C26H25F3N4O2. The molecular weight excluding hydrogens is 457 g/mol. The van der Waals surface area contributed by atoms with Gasteiger partial charge in [0.25, 0.3) is 0 Å². The molecule has 0 atom stereocenters. The number of benzene rings is 2. The molecule has 0 fully saturated rings. The van der Waals surface area contributed by atoms with Crippen LogP contribution < -0.4 is 10.6 Å². The number of amides is 1. The number of aliphatic hydroxyl groups excluding tert-OH is 1. The zero-order chi connectivity index (χ0) is 25.2. The third-order valence-electron chi connectivity index (χ3n) is 5.51. The number of hydrogen-bond donors (Lipinski definition) is 3. The molecule has 0 saturated heterocycles. The van der Waals surface area contributed by atoms with Crippen molar-refractivity contribution in [3.05, 3.63) is 71.5 Å². The molecule has 1 aliphatic rings. The Labute approximate surface area is 200 Å². The van der Waals surface area contributed by atoms with Gasteiger partial charge in [0.2, 0.25) is 5.91 Å². The highest BCUT2D eigenvalue weighted by molar-refractivity contribution is 6.17. The third kappa shape index (κ3) is 5.68. The molecule has 3 N–H and O–H groups in total. The molecule has 2 aromatic carbocycles. The minimum absolute atomic E-state index is 0.0188. The molecule has 9 heteroatoms. The first-order valence-electron chi connectivity index (χ1n) is 11.2. The lowest BCUT2D eigenvalue weighted by atomic mass is 9.99. The van der Waals surface area contributed by atoms with Crippen LogP contribution in [0.25, 0.3) is 11.1 Å². The van der Waals surface area contributed by atoms with Gasteiger partial charge in [-0.2, -0.15) is 13.2 Å². The smallest absolute Gasteiger partial charge is 0.390 e. The van der Waals surface area contributed by atoms with Gasteiger partial charge >= 0.3 is 6.18 Å². The van der Waals surface area contributed by atoms with Gasteiger partial charge in [0, 0.05) is 18.4 Å². The Morgan fingerprint density at radius 3 is 2.54 bits per heavy atom. The van der Waals surface area contributed by atoms with Gasteiger partial charge in [0.05, 0.1) is 41.4 Å². The SMILES string of the molecule is CC(C)CNc1cc2c(cc1C(F)(F)F)NC(=O)CC(c1cccc(-c3ccnc(CO)c3)c1)=N2. The summed E-state index contributed by atoms with van der Waals surface area (Å²) in [7, 11) is 0. The van der Waals surface area contributed by atoms with Crippen molar-refractivity contribution in [2.45, 2.75) is 33.1 Å². The first-order chi connectivity index (χ1) is 16.6. The predicted molar refractivity (Wildman–Crippen MR) is 130 cm³/mol. The van der Waals surface area contributed by atoms with E-state index in [4.69, 9.17) is 0 Å². The summed E-state index contributed by atoms with van der Waals surface area (Å²) in [5.41, 5.74) is 2.64. The van der Waals surface area contributed by atoms with E-state index in [0.29, 0.717) is 23.5 Å². The van der Waals surface area contributed by atoms with Crippen molar-refractivity contribution in [1.82, 2.24) is 4.98 Å². The first kappa shape index (κ1) is 24.4. The molecule has 4 rings (SSSR count). The number of aromatic nitrogens is 1. The monoisotopic (exact) mass is 482 g/mol. The molecule has 0 spiro atoms. The van der Waals surface area contributed by atoms with Crippen LogP contribution in [0.1, 0.15) is 37.1 Å². The molecule has 1 aromatic heterocycles. The number of nitrogens with zero attached hydrogens (tertiary/aromatic N) is 2. The van der Waals surface area contributed by atoms with Crippen LogP contribution in [-0.4, -0.2) is 28.3 Å². The average Bonchev–Trinajstić information content (AvgIpc) is 2.99. The molecule has 35 heavy (non-hydrogen) atoms. The number of carbonyl (C=O) groups excluding carboxylic acids is 1. The van der Waals surface area contributed by atoms with Crippen LogP contribution in [0.2, 0.25) is 0 Å². The second kappa shape index (κ2) is 9.87. The first-order valence-corrected chi connectivity index (χ1v) is 11.2. The molecule has 0 bridgehead atoms. The average molecular weight is 483 g/mol. The molecule has 0 unspecified atom stereocenters. The number of aliphatic hydroxyl groups is 1. The number of nitrogens with one attached hydrogen (secondary N) is 2. The molecule has 0 saturated carbocycles. The molecule has 1 aliphatic heterocycles. The normalized spacial score (nSPS) is 13.7. The maximum absolute atomic E-state index is 13.7. The van der Waals surface area contributed by atoms with Crippen LogP contribution in [0.15, 0.2) is 59.7 Å². The number of hydrogen-bond acceptors (Lipinski definition) is 5. The molecule has 3 aromatic rings. The van der Waals surface area contributed by atoms with Crippen LogP contribution in [0.4, 0.5) is 30.2 Å². The number of pyridine rings is 1. The van der Waals surface area contributed by atoms with E-state index in [1.807, 2.05) is 32.0 Å². The highest BCUT2D eigenvalue weighted by atomic mass is 19.4. The van der Waals surface area contributed by atoms with E-state index in [1.54, 1.807) is 24.4 Å². The fourth-order valence-electron chi connectivity index (χ4n) is 3.80. The Hall–Kier alpha value is -3.72. The summed E-state index contributed by atoms with van der Waals surface area (Å²) < 4.78 is 41.2. The van der Waals surface area contributed by atoms with E-state index in [0.717, 1.165) is 17.2 Å². The minimum atomic E-state index is -4.59. The van der Waals surface area contributed by atoms with E-state index in [9.17, 15) is 23.1 Å². The summed E-state index contributed by atoms with van der Waals surface area (Å²) in [6, 6.07) is 13.2. The standard InChI is InChI=1S/C26H25F3N4O2/c1-15(2)13-31-22-11-24-23(10-20(22)26(27,28)29)33-25(35)12-21(32-24)18-5-3-4-16(8-18)17-6-7-30-19(9-17)14-34/h3-11,15,31,34H,12-14H2,1-2H3,(H,33,35). The van der Waals surface area contributed by atoms with Gasteiger partial charge in [-0.3, -0.25) is 14.8 Å².